The number of carbonyl (C=O) groups is 1. The number of urea groups is 1. The Balaban J connectivity index is 1.63. The molecule has 2 aromatic carbocycles. The van der Waals surface area contributed by atoms with Crippen molar-refractivity contribution in [3.05, 3.63) is 65.5 Å². The van der Waals surface area contributed by atoms with Gasteiger partial charge in [0, 0.05) is 13.1 Å². The third-order valence-corrected chi connectivity index (χ3v) is 3.74. The van der Waals surface area contributed by atoms with Gasteiger partial charge in [-0.2, -0.15) is 0 Å². The quantitative estimate of drug-likeness (QED) is 0.730. The number of aromatic hydroxyl groups is 1. The molecule has 2 rings (SSSR count). The minimum absolute atomic E-state index is 0.199. The van der Waals surface area contributed by atoms with Gasteiger partial charge in [-0.1, -0.05) is 31.2 Å². The molecule has 0 spiro atoms. The van der Waals surface area contributed by atoms with Crippen molar-refractivity contribution >= 4 is 6.03 Å². The molecule has 0 aliphatic heterocycles. The SMILES string of the molecule is C[C@H](CNC(=O)NCCc1ccc(F)cc1)Cc1ccc(O)cc1. The smallest absolute Gasteiger partial charge is 0.314 e. The summed E-state index contributed by atoms with van der Waals surface area (Å²) in [6, 6.07) is 13.2. The Morgan fingerprint density at radius 3 is 2.33 bits per heavy atom. The minimum Gasteiger partial charge on any atom is -0.508 e. The van der Waals surface area contributed by atoms with Crippen LogP contribution in [0.3, 0.4) is 0 Å². The number of hydrogen-bond acceptors (Lipinski definition) is 2. The number of phenolic OH excluding ortho intramolecular Hbond substituents is 1. The maximum atomic E-state index is 12.8. The van der Waals surface area contributed by atoms with Gasteiger partial charge < -0.3 is 15.7 Å². The van der Waals surface area contributed by atoms with Crippen LogP contribution in [-0.2, 0) is 12.8 Å². The molecule has 2 aromatic rings. The molecule has 0 fully saturated rings. The van der Waals surface area contributed by atoms with Crippen molar-refractivity contribution in [2.45, 2.75) is 19.8 Å². The van der Waals surface area contributed by atoms with Crippen molar-refractivity contribution < 1.29 is 14.3 Å². The molecule has 0 saturated heterocycles. The molecule has 2 amide bonds. The van der Waals surface area contributed by atoms with Crippen molar-refractivity contribution in [3.8, 4) is 5.75 Å². The van der Waals surface area contributed by atoms with Gasteiger partial charge in [-0.15, -0.1) is 0 Å². The number of hydrogen-bond donors (Lipinski definition) is 3. The fourth-order valence-electron chi connectivity index (χ4n) is 2.41. The van der Waals surface area contributed by atoms with Crippen LogP contribution in [0.2, 0.25) is 0 Å². The van der Waals surface area contributed by atoms with Gasteiger partial charge in [-0.05, 0) is 54.2 Å². The number of halogens is 1. The number of amides is 2. The van der Waals surface area contributed by atoms with Gasteiger partial charge in [-0.3, -0.25) is 0 Å². The van der Waals surface area contributed by atoms with E-state index in [0.29, 0.717) is 19.5 Å². The molecule has 0 saturated carbocycles. The second-order valence-corrected chi connectivity index (χ2v) is 5.99. The summed E-state index contributed by atoms with van der Waals surface area (Å²) in [4.78, 5) is 11.8. The highest BCUT2D eigenvalue weighted by molar-refractivity contribution is 5.73. The second-order valence-electron chi connectivity index (χ2n) is 5.99. The van der Waals surface area contributed by atoms with Crippen molar-refractivity contribution in [1.29, 1.82) is 0 Å². The van der Waals surface area contributed by atoms with Gasteiger partial charge in [0.25, 0.3) is 0 Å². The van der Waals surface area contributed by atoms with Crippen LogP contribution in [0.15, 0.2) is 48.5 Å². The lowest BCUT2D eigenvalue weighted by Gasteiger charge is -2.13. The molecule has 1 atom stereocenters. The maximum Gasteiger partial charge on any atom is 0.314 e. The third kappa shape index (κ3) is 6.28. The Hall–Kier alpha value is -2.56. The summed E-state index contributed by atoms with van der Waals surface area (Å²) < 4.78 is 12.8. The van der Waals surface area contributed by atoms with E-state index in [1.165, 1.54) is 12.1 Å². The fourth-order valence-corrected chi connectivity index (χ4v) is 2.41. The largest absolute Gasteiger partial charge is 0.508 e. The first-order valence-electron chi connectivity index (χ1n) is 8.07. The van der Waals surface area contributed by atoms with E-state index < -0.39 is 0 Å². The summed E-state index contributed by atoms with van der Waals surface area (Å²) in [7, 11) is 0. The number of carbonyl (C=O) groups excluding carboxylic acids is 1. The van der Waals surface area contributed by atoms with Gasteiger partial charge in [0.05, 0.1) is 0 Å². The number of nitrogens with one attached hydrogen (secondary N) is 2. The Bertz CT molecular complexity index is 641. The van der Waals surface area contributed by atoms with E-state index in [1.807, 2.05) is 12.1 Å². The average molecular weight is 330 g/mol. The van der Waals surface area contributed by atoms with Crippen LogP contribution in [0, 0.1) is 11.7 Å². The Labute approximate surface area is 141 Å². The van der Waals surface area contributed by atoms with E-state index in [9.17, 15) is 14.3 Å². The molecule has 128 valence electrons. The van der Waals surface area contributed by atoms with Gasteiger partial charge in [0.2, 0.25) is 0 Å². The van der Waals surface area contributed by atoms with E-state index in [1.54, 1.807) is 24.3 Å². The van der Waals surface area contributed by atoms with Crippen LogP contribution in [0.5, 0.6) is 5.75 Å². The Morgan fingerprint density at radius 2 is 1.67 bits per heavy atom. The molecular formula is C19H23FN2O2. The van der Waals surface area contributed by atoms with E-state index in [0.717, 1.165) is 17.5 Å². The van der Waals surface area contributed by atoms with E-state index in [4.69, 9.17) is 0 Å². The van der Waals surface area contributed by atoms with Crippen LogP contribution in [0.25, 0.3) is 0 Å². The van der Waals surface area contributed by atoms with Crippen molar-refractivity contribution in [1.82, 2.24) is 10.6 Å². The van der Waals surface area contributed by atoms with Crippen LogP contribution in [-0.4, -0.2) is 24.2 Å². The lowest BCUT2D eigenvalue weighted by atomic mass is 10.0. The standard InChI is InChI=1S/C19H23FN2O2/c1-14(12-16-4-8-18(23)9-5-16)13-22-19(24)21-11-10-15-2-6-17(20)7-3-15/h2-9,14,23H,10-13H2,1H3,(H2,21,22,24)/t14-/m0/s1. The van der Waals surface area contributed by atoms with Gasteiger partial charge in [0.1, 0.15) is 11.6 Å². The fraction of sp³-hybridized carbons (Fsp3) is 0.316. The molecule has 0 bridgehead atoms. The monoisotopic (exact) mass is 330 g/mol. The summed E-state index contributed by atoms with van der Waals surface area (Å²) in [5.41, 5.74) is 2.11. The first-order chi connectivity index (χ1) is 11.5. The van der Waals surface area contributed by atoms with Gasteiger partial charge in [-0.25, -0.2) is 9.18 Å². The molecule has 5 heteroatoms. The molecule has 0 heterocycles. The van der Waals surface area contributed by atoms with Crippen LogP contribution < -0.4 is 10.6 Å². The molecule has 4 nitrogen and oxygen atoms in total. The van der Waals surface area contributed by atoms with Crippen molar-refractivity contribution in [2.75, 3.05) is 13.1 Å². The summed E-state index contributed by atoms with van der Waals surface area (Å²) >= 11 is 0. The zero-order valence-electron chi connectivity index (χ0n) is 13.8. The predicted molar refractivity (Wildman–Crippen MR) is 92.5 cm³/mol. The lowest BCUT2D eigenvalue weighted by molar-refractivity contribution is 0.239. The van der Waals surface area contributed by atoms with Crippen LogP contribution in [0.4, 0.5) is 9.18 Å². The van der Waals surface area contributed by atoms with E-state index >= 15 is 0 Å². The van der Waals surface area contributed by atoms with Crippen LogP contribution in [0.1, 0.15) is 18.1 Å². The van der Waals surface area contributed by atoms with Gasteiger partial charge >= 0.3 is 6.03 Å². The number of benzene rings is 2. The summed E-state index contributed by atoms with van der Waals surface area (Å²) in [5.74, 6) is 0.287. The number of phenols is 1. The van der Waals surface area contributed by atoms with Crippen molar-refractivity contribution in [2.24, 2.45) is 5.92 Å². The minimum atomic E-state index is -0.257. The predicted octanol–water partition coefficient (Wildman–Crippen LogP) is 3.25. The summed E-state index contributed by atoms with van der Waals surface area (Å²) in [5, 5.41) is 14.9. The average Bonchev–Trinajstić information content (AvgIpc) is 2.57. The molecule has 0 radical (unpaired) electrons. The highest BCUT2D eigenvalue weighted by atomic mass is 19.1. The molecule has 0 aliphatic carbocycles. The topological polar surface area (TPSA) is 61.4 Å². The molecular weight excluding hydrogens is 307 g/mol. The molecule has 24 heavy (non-hydrogen) atoms. The van der Waals surface area contributed by atoms with Gasteiger partial charge in [0.15, 0.2) is 0 Å². The maximum absolute atomic E-state index is 12.8. The first-order valence-corrected chi connectivity index (χ1v) is 8.07. The molecule has 0 unspecified atom stereocenters. The molecule has 0 aliphatic rings. The highest BCUT2D eigenvalue weighted by Gasteiger charge is 2.06. The molecule has 3 N–H and O–H groups in total. The number of rotatable bonds is 7. The Morgan fingerprint density at radius 1 is 1.04 bits per heavy atom. The van der Waals surface area contributed by atoms with Crippen molar-refractivity contribution in [3.63, 3.8) is 0 Å². The third-order valence-electron chi connectivity index (χ3n) is 3.74. The van der Waals surface area contributed by atoms with Crippen LogP contribution >= 0.6 is 0 Å². The second kappa shape index (κ2) is 8.91. The van der Waals surface area contributed by atoms with E-state index in [2.05, 4.69) is 17.6 Å². The zero-order valence-corrected chi connectivity index (χ0v) is 13.8. The Kier molecular flexibility index (Phi) is 6.61. The zero-order chi connectivity index (χ0) is 17.4. The summed E-state index contributed by atoms with van der Waals surface area (Å²) in [6.07, 6.45) is 1.49. The normalized spacial score (nSPS) is 11.8. The van der Waals surface area contributed by atoms with E-state index in [-0.39, 0.29) is 23.5 Å². The molecule has 0 aromatic heterocycles. The summed E-state index contributed by atoms with van der Waals surface area (Å²) in [6.45, 7) is 3.14. The highest BCUT2D eigenvalue weighted by Crippen LogP contribution is 2.13. The lowest BCUT2D eigenvalue weighted by Crippen LogP contribution is -2.39. The first kappa shape index (κ1) is 17.8.